The topological polar surface area (TPSA) is 108 Å². The average Bonchev–Trinajstić information content (AvgIpc) is 3.15. The van der Waals surface area contributed by atoms with Crippen molar-refractivity contribution in [3.63, 3.8) is 0 Å². The molecule has 0 aromatic carbocycles. The Morgan fingerprint density at radius 2 is 2.22 bits per heavy atom. The molecule has 142 valence electrons. The number of amides is 1. The van der Waals surface area contributed by atoms with Crippen molar-refractivity contribution in [2.45, 2.75) is 24.8 Å². The molecule has 9 nitrogen and oxygen atoms in total. The Morgan fingerprint density at radius 3 is 2.93 bits per heavy atom. The number of anilines is 1. The zero-order valence-electron chi connectivity index (χ0n) is 15.2. The number of carbonyl (C=O) groups excluding carboxylic acids is 1. The van der Waals surface area contributed by atoms with Crippen LogP contribution < -0.4 is 15.1 Å². The van der Waals surface area contributed by atoms with Gasteiger partial charge >= 0.3 is 5.88 Å². The van der Waals surface area contributed by atoms with Crippen LogP contribution in [0.1, 0.15) is 31.0 Å². The van der Waals surface area contributed by atoms with Crippen molar-refractivity contribution in [3.8, 4) is 6.07 Å². The van der Waals surface area contributed by atoms with Crippen LogP contribution in [0.4, 0.5) is 5.88 Å². The van der Waals surface area contributed by atoms with Crippen LogP contribution in [-0.2, 0) is 9.53 Å². The lowest BCUT2D eigenvalue weighted by atomic mass is 10.1. The largest absolute Gasteiger partial charge is 0.377 e. The van der Waals surface area contributed by atoms with Gasteiger partial charge in [0.25, 0.3) is 6.20 Å². The molecule has 1 aliphatic rings. The highest BCUT2D eigenvalue weighted by Gasteiger charge is 2.23. The number of thioether (sulfide) groups is 1. The number of nitrogens with one attached hydrogen (secondary N) is 1. The van der Waals surface area contributed by atoms with Crippen molar-refractivity contribution in [2.75, 3.05) is 42.4 Å². The molecule has 1 fully saturated rings. The normalized spacial score (nSPS) is 14.2. The number of hydrogen-bond donors (Lipinski definition) is 1. The number of ether oxygens (including phenoxy) is 1. The minimum absolute atomic E-state index is 0.113. The van der Waals surface area contributed by atoms with Gasteiger partial charge in [-0.25, -0.2) is 4.98 Å². The van der Waals surface area contributed by atoms with Crippen LogP contribution >= 0.6 is 11.8 Å². The third kappa shape index (κ3) is 4.96. The SMILES string of the molecule is CC(C)c1ccc(C#N)c(SCC(=O)Nc2c[n+](N3CCOCC3)no2)n1. The van der Waals surface area contributed by atoms with Gasteiger partial charge in [0, 0.05) is 5.69 Å². The molecule has 0 unspecified atom stereocenters. The molecule has 10 heteroatoms. The van der Waals surface area contributed by atoms with E-state index in [1.54, 1.807) is 17.1 Å². The summed E-state index contributed by atoms with van der Waals surface area (Å²) in [6.07, 6.45) is 1.62. The number of pyridine rings is 1. The summed E-state index contributed by atoms with van der Waals surface area (Å²) in [5.41, 5.74) is 1.35. The van der Waals surface area contributed by atoms with Crippen molar-refractivity contribution in [1.82, 2.24) is 10.3 Å². The number of nitrogens with zero attached hydrogens (tertiary/aromatic N) is 5. The number of morpholine rings is 1. The summed E-state index contributed by atoms with van der Waals surface area (Å²) in [4.78, 5) is 18.3. The number of rotatable bonds is 6. The Hall–Kier alpha value is -2.64. The van der Waals surface area contributed by atoms with Gasteiger partial charge in [-0.15, -0.1) is 5.01 Å². The maximum absolute atomic E-state index is 12.2. The lowest BCUT2D eigenvalue weighted by Crippen LogP contribution is -2.62. The quantitative estimate of drug-likeness (QED) is 0.577. The molecule has 2 aromatic heterocycles. The lowest BCUT2D eigenvalue weighted by molar-refractivity contribution is -0.759. The Bertz CT molecular complexity index is 841. The van der Waals surface area contributed by atoms with Crippen molar-refractivity contribution in [2.24, 2.45) is 0 Å². The lowest BCUT2D eigenvalue weighted by Gasteiger charge is -2.18. The highest BCUT2D eigenvalue weighted by atomic mass is 32.2. The molecule has 0 aliphatic carbocycles. The van der Waals surface area contributed by atoms with Gasteiger partial charge in [0.15, 0.2) is 0 Å². The summed E-state index contributed by atoms with van der Waals surface area (Å²) < 4.78 is 10.5. The van der Waals surface area contributed by atoms with Crippen LogP contribution in [0.3, 0.4) is 0 Å². The monoisotopic (exact) mass is 389 g/mol. The first-order valence-corrected chi connectivity index (χ1v) is 9.60. The molecule has 1 aliphatic heterocycles. The molecule has 0 spiro atoms. The van der Waals surface area contributed by atoms with E-state index in [1.807, 2.05) is 24.9 Å². The summed E-state index contributed by atoms with van der Waals surface area (Å²) in [5.74, 6) is 0.361. The third-order valence-electron chi connectivity index (χ3n) is 3.93. The van der Waals surface area contributed by atoms with Crippen LogP contribution in [0, 0.1) is 11.3 Å². The molecule has 0 radical (unpaired) electrons. The fourth-order valence-corrected chi connectivity index (χ4v) is 3.24. The average molecular weight is 389 g/mol. The van der Waals surface area contributed by atoms with Crippen LogP contribution in [0.2, 0.25) is 0 Å². The first-order chi connectivity index (χ1) is 13.1. The van der Waals surface area contributed by atoms with E-state index in [1.165, 1.54) is 11.8 Å². The van der Waals surface area contributed by atoms with E-state index in [9.17, 15) is 10.1 Å². The maximum atomic E-state index is 12.2. The summed E-state index contributed by atoms with van der Waals surface area (Å²) in [6.45, 7) is 6.72. The molecule has 2 aromatic rings. The predicted molar refractivity (Wildman–Crippen MR) is 97.9 cm³/mol. The highest BCUT2D eigenvalue weighted by molar-refractivity contribution is 8.00. The van der Waals surface area contributed by atoms with Crippen molar-refractivity contribution in [1.29, 1.82) is 5.26 Å². The molecule has 0 saturated carbocycles. The van der Waals surface area contributed by atoms with Crippen molar-refractivity contribution >= 4 is 23.6 Å². The van der Waals surface area contributed by atoms with E-state index in [2.05, 4.69) is 21.6 Å². The summed E-state index contributed by atoms with van der Waals surface area (Å²) in [5, 5.41) is 18.3. The van der Waals surface area contributed by atoms with E-state index in [-0.39, 0.29) is 23.5 Å². The van der Waals surface area contributed by atoms with Gasteiger partial charge in [0.05, 0.1) is 42.4 Å². The van der Waals surface area contributed by atoms with E-state index in [4.69, 9.17) is 9.26 Å². The maximum Gasteiger partial charge on any atom is 0.305 e. The minimum Gasteiger partial charge on any atom is -0.377 e. The second-order valence-corrected chi connectivity index (χ2v) is 7.21. The molecule has 0 bridgehead atoms. The predicted octanol–water partition coefficient (Wildman–Crippen LogP) is 1.05. The highest BCUT2D eigenvalue weighted by Crippen LogP contribution is 2.23. The first kappa shape index (κ1) is 19.1. The third-order valence-corrected chi connectivity index (χ3v) is 4.92. The minimum atomic E-state index is -0.258. The van der Waals surface area contributed by atoms with E-state index >= 15 is 0 Å². The number of hydrogen-bond acceptors (Lipinski definition) is 8. The van der Waals surface area contributed by atoms with Crippen molar-refractivity contribution in [3.05, 3.63) is 29.6 Å². The number of nitriles is 1. The number of carbonyl (C=O) groups is 1. The van der Waals surface area contributed by atoms with E-state index < -0.39 is 0 Å². The molecule has 3 rings (SSSR count). The molecule has 1 N–H and O–H groups in total. The fraction of sp³-hybridized carbons (Fsp3) is 0.471. The second kappa shape index (κ2) is 8.83. The van der Waals surface area contributed by atoms with Gasteiger partial charge in [0.1, 0.15) is 11.1 Å². The van der Waals surface area contributed by atoms with Gasteiger partial charge < -0.3 is 4.74 Å². The fourth-order valence-electron chi connectivity index (χ4n) is 2.46. The molecule has 3 heterocycles. The van der Waals surface area contributed by atoms with Gasteiger partial charge in [-0.2, -0.15) is 5.26 Å². The zero-order chi connectivity index (χ0) is 19.2. The van der Waals surface area contributed by atoms with Gasteiger partial charge in [-0.1, -0.05) is 25.6 Å². The smallest absolute Gasteiger partial charge is 0.305 e. The van der Waals surface area contributed by atoms with Crippen molar-refractivity contribution < 1.29 is 18.8 Å². The Kier molecular flexibility index (Phi) is 6.26. The molecular formula is C17H21N6O3S+. The van der Waals surface area contributed by atoms with Crippen LogP contribution in [-0.4, -0.2) is 48.2 Å². The molecular weight excluding hydrogens is 368 g/mol. The summed E-state index contributed by atoms with van der Waals surface area (Å²) in [7, 11) is 0. The first-order valence-electron chi connectivity index (χ1n) is 8.62. The van der Waals surface area contributed by atoms with Crippen LogP contribution in [0.25, 0.3) is 0 Å². The summed E-state index contributed by atoms with van der Waals surface area (Å²) in [6, 6.07) is 5.69. The molecule has 1 saturated heterocycles. The molecule has 0 atom stereocenters. The summed E-state index contributed by atoms with van der Waals surface area (Å²) >= 11 is 1.22. The Morgan fingerprint density at radius 1 is 1.44 bits per heavy atom. The second-order valence-electron chi connectivity index (χ2n) is 6.24. The van der Waals surface area contributed by atoms with Crippen LogP contribution in [0.15, 0.2) is 27.9 Å². The van der Waals surface area contributed by atoms with E-state index in [0.717, 1.165) is 5.69 Å². The number of aromatic nitrogens is 3. The molecule has 27 heavy (non-hydrogen) atoms. The Balaban J connectivity index is 1.58. The van der Waals surface area contributed by atoms with Gasteiger partial charge in [-0.05, 0) is 18.1 Å². The van der Waals surface area contributed by atoms with E-state index in [0.29, 0.717) is 36.9 Å². The zero-order valence-corrected chi connectivity index (χ0v) is 16.0. The van der Waals surface area contributed by atoms with Crippen LogP contribution in [0.5, 0.6) is 0 Å². The van der Waals surface area contributed by atoms with Gasteiger partial charge in [-0.3, -0.25) is 14.6 Å². The molecule has 1 amide bonds. The Labute approximate surface area is 161 Å². The van der Waals surface area contributed by atoms with Gasteiger partial charge in [0.2, 0.25) is 11.2 Å². The standard InChI is InChI=1S/C17H20N6O3S/c1-12(2)14-4-3-13(9-18)17(19-14)27-11-15(24)20-16-10-23(21-26-16)22-5-7-25-8-6-22/h3-4,10,12H,5-8,11H2,1-2H3/p+1.